The summed E-state index contributed by atoms with van der Waals surface area (Å²) in [6, 6.07) is 15.3. The van der Waals surface area contributed by atoms with Crippen LogP contribution in [0.5, 0.6) is 0 Å². The molecule has 46 heavy (non-hydrogen) atoms. The van der Waals surface area contributed by atoms with Crippen LogP contribution in [0.25, 0.3) is 33.5 Å². The summed E-state index contributed by atoms with van der Waals surface area (Å²) in [4.78, 5) is 19.7. The summed E-state index contributed by atoms with van der Waals surface area (Å²) >= 11 is 6.20. The van der Waals surface area contributed by atoms with Crippen molar-refractivity contribution < 1.29 is 0 Å². The van der Waals surface area contributed by atoms with Crippen LogP contribution < -0.4 is 5.73 Å². The minimum Gasteiger partial charge on any atom is -0.329 e. The molecule has 0 spiro atoms. The van der Waals surface area contributed by atoms with Gasteiger partial charge in [-0.1, -0.05) is 23.7 Å². The number of halogens is 1. The number of rotatable bonds is 10. The number of aromatic amines is 1. The molecule has 4 aromatic rings. The molecule has 2 aliphatic rings. The summed E-state index contributed by atoms with van der Waals surface area (Å²) in [7, 11) is 0. The molecule has 3 aromatic heterocycles. The van der Waals surface area contributed by atoms with Crippen LogP contribution in [-0.2, 0) is 6.42 Å². The maximum absolute atomic E-state index is 6.20. The van der Waals surface area contributed by atoms with Gasteiger partial charge in [0.25, 0.3) is 0 Å². The zero-order chi connectivity index (χ0) is 32.5. The Kier molecular flexibility index (Phi) is 12.5. The maximum atomic E-state index is 6.20. The number of nitrogens with zero attached hydrogens (tertiary/aromatic N) is 7. The normalized spacial score (nSPS) is 17.1. The smallest absolute Gasteiger partial charge is 0.0897 e. The molecule has 0 atom stereocenters. The van der Waals surface area contributed by atoms with Gasteiger partial charge in [0, 0.05) is 99.9 Å². The summed E-state index contributed by atoms with van der Waals surface area (Å²) in [5, 5.41) is 8.07. The third kappa shape index (κ3) is 9.33. The Morgan fingerprint density at radius 1 is 0.804 bits per heavy atom. The topological polar surface area (TPSA) is 93.4 Å². The van der Waals surface area contributed by atoms with Gasteiger partial charge in [-0.25, -0.2) is 4.98 Å². The molecule has 2 saturated heterocycles. The minimum absolute atomic E-state index is 0.645. The molecule has 2 fully saturated rings. The molecule has 0 amide bonds. The second-order valence-corrected chi connectivity index (χ2v) is 13.5. The highest BCUT2D eigenvalue weighted by Crippen LogP contribution is 2.31. The van der Waals surface area contributed by atoms with E-state index in [1.165, 1.54) is 57.9 Å². The lowest BCUT2D eigenvalue weighted by Crippen LogP contribution is -2.49. The fourth-order valence-corrected chi connectivity index (χ4v) is 6.57. The summed E-state index contributed by atoms with van der Waals surface area (Å²) in [5.41, 5.74) is 12.3. The molecule has 6 rings (SSSR count). The van der Waals surface area contributed by atoms with Crippen molar-refractivity contribution in [3.8, 4) is 22.5 Å². The fraction of sp³-hybridized carbons (Fsp3) is 0.528. The lowest BCUT2D eigenvalue weighted by atomic mass is 10.0. The van der Waals surface area contributed by atoms with Crippen LogP contribution in [0.4, 0.5) is 0 Å². The predicted octanol–water partition coefficient (Wildman–Crippen LogP) is 5.27. The van der Waals surface area contributed by atoms with Gasteiger partial charge in [0.15, 0.2) is 0 Å². The number of benzene rings is 1. The lowest BCUT2D eigenvalue weighted by molar-refractivity contribution is 0.108. The number of hydrogen-bond donors (Lipinski definition) is 2. The second-order valence-electron chi connectivity index (χ2n) is 13.1. The van der Waals surface area contributed by atoms with E-state index in [9.17, 15) is 0 Å². The van der Waals surface area contributed by atoms with E-state index in [0.717, 1.165) is 66.0 Å². The van der Waals surface area contributed by atoms with Gasteiger partial charge in [0.05, 0.1) is 28.6 Å². The van der Waals surface area contributed by atoms with Crippen LogP contribution in [-0.4, -0.2) is 124 Å². The predicted molar refractivity (Wildman–Crippen MR) is 191 cm³/mol. The van der Waals surface area contributed by atoms with Crippen molar-refractivity contribution in [2.24, 2.45) is 5.73 Å². The van der Waals surface area contributed by atoms with Gasteiger partial charge in [-0.3, -0.25) is 24.8 Å². The molecule has 1 aromatic carbocycles. The van der Waals surface area contributed by atoms with Gasteiger partial charge in [-0.2, -0.15) is 5.10 Å². The zero-order valence-electron chi connectivity index (χ0n) is 28.1. The highest BCUT2D eigenvalue weighted by Gasteiger charge is 2.19. The van der Waals surface area contributed by atoms with Gasteiger partial charge in [0.2, 0.25) is 0 Å². The Balaban J connectivity index is 0.000000293. The maximum Gasteiger partial charge on any atom is 0.0897 e. The number of nitrogens with two attached hydrogens (primary N) is 1. The minimum atomic E-state index is 0.645. The van der Waals surface area contributed by atoms with Gasteiger partial charge in [0.1, 0.15) is 0 Å². The Morgan fingerprint density at radius 2 is 1.48 bits per heavy atom. The molecule has 3 N–H and O–H groups in total. The first kappa shape index (κ1) is 34.4. The molecule has 9 nitrogen and oxygen atoms in total. The van der Waals surface area contributed by atoms with E-state index in [-0.39, 0.29) is 0 Å². The van der Waals surface area contributed by atoms with E-state index in [4.69, 9.17) is 22.3 Å². The highest BCUT2D eigenvalue weighted by molar-refractivity contribution is 6.30. The van der Waals surface area contributed by atoms with Crippen LogP contribution in [0, 0.1) is 0 Å². The molecule has 0 radical (unpaired) electrons. The Bertz CT molecular complexity index is 1500. The lowest BCUT2D eigenvalue weighted by Gasteiger charge is -2.36. The van der Waals surface area contributed by atoms with E-state index in [1.807, 2.05) is 48.8 Å². The number of aryl methyl sites for hydroxylation is 1. The van der Waals surface area contributed by atoms with Crippen molar-refractivity contribution in [3.63, 3.8) is 0 Å². The van der Waals surface area contributed by atoms with Crippen molar-refractivity contribution in [1.29, 1.82) is 0 Å². The second kappa shape index (κ2) is 16.8. The summed E-state index contributed by atoms with van der Waals surface area (Å²) in [6.07, 6.45) is 5.96. The van der Waals surface area contributed by atoms with Crippen molar-refractivity contribution >= 4 is 22.6 Å². The average Bonchev–Trinajstić information content (AvgIpc) is 3.56. The van der Waals surface area contributed by atoms with Gasteiger partial charge < -0.3 is 10.6 Å². The van der Waals surface area contributed by atoms with Crippen LogP contribution in [0.15, 0.2) is 54.9 Å². The summed E-state index contributed by atoms with van der Waals surface area (Å²) < 4.78 is 0. The van der Waals surface area contributed by atoms with Gasteiger partial charge in [-0.15, -0.1) is 0 Å². The van der Waals surface area contributed by atoms with Crippen LogP contribution in [0.3, 0.4) is 0 Å². The number of fused-ring (bicyclic) bond motifs is 1. The quantitative estimate of drug-likeness (QED) is 0.241. The van der Waals surface area contributed by atoms with Crippen molar-refractivity contribution in [1.82, 2.24) is 39.8 Å². The molecule has 0 unspecified atom stereocenters. The Morgan fingerprint density at radius 3 is 2.11 bits per heavy atom. The fourth-order valence-electron chi connectivity index (χ4n) is 6.38. The number of piperazine rings is 2. The van der Waals surface area contributed by atoms with Crippen molar-refractivity contribution in [3.05, 3.63) is 65.4 Å². The van der Waals surface area contributed by atoms with Crippen molar-refractivity contribution in [2.75, 3.05) is 72.0 Å². The molecule has 2 aliphatic heterocycles. The number of pyridine rings is 2. The van der Waals surface area contributed by atoms with E-state index >= 15 is 0 Å². The summed E-state index contributed by atoms with van der Waals surface area (Å²) in [6.45, 7) is 21.6. The van der Waals surface area contributed by atoms with E-state index in [0.29, 0.717) is 17.1 Å². The molecule has 0 bridgehead atoms. The number of H-pyrrole nitrogens is 1. The monoisotopic (exact) mass is 645 g/mol. The van der Waals surface area contributed by atoms with Gasteiger partial charge >= 0.3 is 0 Å². The first-order valence-corrected chi connectivity index (χ1v) is 17.4. The average molecular weight is 646 g/mol. The molecule has 0 saturated carbocycles. The summed E-state index contributed by atoms with van der Waals surface area (Å²) in [5.74, 6) is 0. The SMILES string of the molecule is CC(C)N1CCN(CCCc2cnc3ccc(-c4cn[nH]c4-c4cccc(Cl)c4)nc3c2)CC1.CC(C)N1CCN(CCN)CC1. The number of hydrogen-bond acceptors (Lipinski definition) is 8. The molecule has 0 aliphatic carbocycles. The standard InChI is InChI=1S/C27H31ClN6.C9H21N3/c1-19(2)34-13-11-33(12-14-34)10-4-5-20-15-26-25(29-17-20)9-8-24(31-26)23-18-30-32-27(23)21-6-3-7-22(28)16-21;1-9(2)12-7-5-11(4-3-10)6-8-12/h3,6-9,15-19H,4-5,10-14H2,1-2H3,(H,30,32);9H,3-8,10H2,1-2H3. The van der Waals surface area contributed by atoms with Crippen molar-refractivity contribution in [2.45, 2.75) is 52.6 Å². The largest absolute Gasteiger partial charge is 0.329 e. The Labute approximate surface area is 280 Å². The first-order valence-electron chi connectivity index (χ1n) is 17.0. The molecule has 248 valence electrons. The molecular weight excluding hydrogens is 594 g/mol. The van der Waals surface area contributed by atoms with Crippen LogP contribution in [0.2, 0.25) is 5.02 Å². The van der Waals surface area contributed by atoms with Crippen LogP contribution in [0.1, 0.15) is 39.7 Å². The third-order valence-electron chi connectivity index (χ3n) is 9.28. The van der Waals surface area contributed by atoms with E-state index in [2.05, 4.69) is 68.5 Å². The number of aromatic nitrogens is 4. The van der Waals surface area contributed by atoms with E-state index < -0.39 is 0 Å². The molecular formula is C36H52ClN9. The first-order chi connectivity index (χ1) is 22.3. The zero-order valence-corrected chi connectivity index (χ0v) is 28.9. The molecule has 10 heteroatoms. The van der Waals surface area contributed by atoms with Gasteiger partial charge in [-0.05, 0) is 83.0 Å². The third-order valence-corrected chi connectivity index (χ3v) is 9.52. The highest BCUT2D eigenvalue weighted by atomic mass is 35.5. The van der Waals surface area contributed by atoms with E-state index in [1.54, 1.807) is 0 Å². The number of nitrogens with one attached hydrogen (secondary N) is 1. The Hall–Kier alpha value is -2.92. The van der Waals surface area contributed by atoms with Crippen LogP contribution >= 0.6 is 11.6 Å². The molecule has 5 heterocycles.